The number of imidazole rings is 1. The first-order valence-corrected chi connectivity index (χ1v) is 9.75. The summed E-state index contributed by atoms with van der Waals surface area (Å²) in [6.07, 6.45) is 11.6. The Morgan fingerprint density at radius 1 is 1.09 bits per heavy atom. The summed E-state index contributed by atoms with van der Waals surface area (Å²) in [6, 6.07) is 0. The van der Waals surface area contributed by atoms with Gasteiger partial charge in [-0.2, -0.15) is 4.98 Å². The Labute approximate surface area is 145 Å². The summed E-state index contributed by atoms with van der Waals surface area (Å²) in [5.41, 5.74) is 1.66. The minimum atomic E-state index is 0.0206. The van der Waals surface area contributed by atoms with Gasteiger partial charge in [-0.15, -0.1) is 11.8 Å². The quantitative estimate of drug-likeness (QED) is 0.596. The van der Waals surface area contributed by atoms with Gasteiger partial charge in [0.25, 0.3) is 0 Å². The molecule has 1 atom stereocenters. The second kappa shape index (κ2) is 6.95. The maximum Gasteiger partial charge on any atom is 0.225 e. The molecule has 0 aromatic carbocycles. The number of rotatable bonds is 3. The van der Waals surface area contributed by atoms with E-state index in [4.69, 9.17) is 16.3 Å². The normalized spacial score (nSPS) is 23.4. The van der Waals surface area contributed by atoms with Crippen molar-refractivity contribution in [2.75, 3.05) is 6.61 Å². The van der Waals surface area contributed by atoms with E-state index in [1.807, 2.05) is 22.7 Å². The van der Waals surface area contributed by atoms with E-state index in [9.17, 15) is 0 Å². The first-order valence-electron chi connectivity index (χ1n) is 8.49. The molecule has 1 unspecified atom stereocenters. The molecule has 7 heteroatoms. The zero-order valence-electron chi connectivity index (χ0n) is 13.1. The van der Waals surface area contributed by atoms with Crippen LogP contribution in [-0.4, -0.2) is 31.4 Å². The van der Waals surface area contributed by atoms with Gasteiger partial charge in [0.15, 0.2) is 5.65 Å². The minimum Gasteiger partial charge on any atom is -0.358 e. The summed E-state index contributed by atoms with van der Waals surface area (Å²) in [7, 11) is 0. The van der Waals surface area contributed by atoms with E-state index in [0.29, 0.717) is 10.5 Å². The van der Waals surface area contributed by atoms with Crippen LogP contribution in [0.5, 0.6) is 0 Å². The molecule has 0 N–H and O–H groups in total. The Kier molecular flexibility index (Phi) is 4.73. The fraction of sp³-hybridized carbons (Fsp3) is 0.688. The van der Waals surface area contributed by atoms with Gasteiger partial charge in [0.2, 0.25) is 5.28 Å². The fourth-order valence-electron chi connectivity index (χ4n) is 3.44. The highest BCUT2D eigenvalue weighted by Gasteiger charge is 2.23. The number of hydrogen-bond acceptors (Lipinski definition) is 5. The molecule has 2 aliphatic rings. The summed E-state index contributed by atoms with van der Waals surface area (Å²) in [5.74, 6) is 0. The molecule has 1 aliphatic carbocycles. The van der Waals surface area contributed by atoms with Crippen LogP contribution in [0.15, 0.2) is 11.4 Å². The summed E-state index contributed by atoms with van der Waals surface area (Å²) >= 11 is 8.01. The van der Waals surface area contributed by atoms with Gasteiger partial charge in [-0.25, -0.2) is 9.97 Å². The van der Waals surface area contributed by atoms with E-state index < -0.39 is 0 Å². The van der Waals surface area contributed by atoms with E-state index in [1.165, 1.54) is 38.5 Å². The third-order valence-corrected chi connectivity index (χ3v) is 6.14. The maximum absolute atomic E-state index is 6.19. The van der Waals surface area contributed by atoms with Gasteiger partial charge in [-0.3, -0.25) is 4.57 Å². The topological polar surface area (TPSA) is 52.8 Å². The maximum atomic E-state index is 6.19. The van der Waals surface area contributed by atoms with Crippen LogP contribution in [-0.2, 0) is 4.74 Å². The minimum absolute atomic E-state index is 0.0206. The molecule has 2 aromatic heterocycles. The van der Waals surface area contributed by atoms with Crippen molar-refractivity contribution in [1.82, 2.24) is 19.5 Å². The summed E-state index contributed by atoms with van der Waals surface area (Å²) in [6.45, 7) is 0.798. The molecular weight excluding hydrogens is 332 g/mol. The van der Waals surface area contributed by atoms with Gasteiger partial charge in [0.05, 0.1) is 6.33 Å². The summed E-state index contributed by atoms with van der Waals surface area (Å²) in [4.78, 5) is 13.5. The van der Waals surface area contributed by atoms with Crippen molar-refractivity contribution in [3.8, 4) is 0 Å². The fourth-order valence-corrected chi connectivity index (χ4v) is 4.94. The van der Waals surface area contributed by atoms with Crippen LogP contribution in [0.4, 0.5) is 0 Å². The standard InChI is InChI=1S/C16H21ClN4OS/c17-16-19-14-13(15(20-16)23-11-6-2-1-3-7-11)18-10-21(14)12-8-4-5-9-22-12/h10-12H,1-9H2. The highest BCUT2D eigenvalue weighted by atomic mass is 35.5. The number of fused-ring (bicyclic) bond motifs is 1. The number of aromatic nitrogens is 4. The van der Waals surface area contributed by atoms with Gasteiger partial charge in [-0.05, 0) is 43.7 Å². The SMILES string of the molecule is Clc1nc(SC2CCCCC2)c2ncn(C3CCCCO3)c2n1. The van der Waals surface area contributed by atoms with Crippen molar-refractivity contribution in [3.05, 3.63) is 11.6 Å². The third-order valence-electron chi connectivity index (χ3n) is 4.66. The molecule has 3 heterocycles. The van der Waals surface area contributed by atoms with Crippen molar-refractivity contribution in [1.29, 1.82) is 0 Å². The lowest BCUT2D eigenvalue weighted by Crippen LogP contribution is -2.17. The highest BCUT2D eigenvalue weighted by molar-refractivity contribution is 8.00. The van der Waals surface area contributed by atoms with E-state index in [-0.39, 0.29) is 6.23 Å². The molecule has 1 aliphatic heterocycles. The van der Waals surface area contributed by atoms with Crippen LogP contribution < -0.4 is 0 Å². The lowest BCUT2D eigenvalue weighted by molar-refractivity contribution is -0.0298. The van der Waals surface area contributed by atoms with Crippen molar-refractivity contribution < 1.29 is 4.74 Å². The molecule has 0 bridgehead atoms. The van der Waals surface area contributed by atoms with Crippen molar-refractivity contribution in [2.24, 2.45) is 0 Å². The second-order valence-electron chi connectivity index (χ2n) is 6.32. The zero-order chi connectivity index (χ0) is 15.6. The van der Waals surface area contributed by atoms with E-state index in [1.54, 1.807) is 0 Å². The van der Waals surface area contributed by atoms with Gasteiger partial charge in [-0.1, -0.05) is 19.3 Å². The van der Waals surface area contributed by atoms with Crippen LogP contribution >= 0.6 is 23.4 Å². The zero-order valence-corrected chi connectivity index (χ0v) is 14.7. The van der Waals surface area contributed by atoms with Crippen molar-refractivity contribution in [3.63, 3.8) is 0 Å². The molecule has 4 rings (SSSR count). The largest absolute Gasteiger partial charge is 0.358 e. The van der Waals surface area contributed by atoms with Gasteiger partial charge in [0, 0.05) is 11.9 Å². The average molecular weight is 353 g/mol. The molecular formula is C16H21ClN4OS. The molecule has 2 aromatic rings. The lowest BCUT2D eigenvalue weighted by atomic mass is 10.0. The second-order valence-corrected chi connectivity index (χ2v) is 7.95. The molecule has 1 saturated heterocycles. The van der Waals surface area contributed by atoms with Crippen LogP contribution in [0.25, 0.3) is 11.2 Å². The Balaban J connectivity index is 1.66. The molecule has 1 saturated carbocycles. The van der Waals surface area contributed by atoms with E-state index in [0.717, 1.165) is 35.6 Å². The number of thioether (sulfide) groups is 1. The van der Waals surface area contributed by atoms with Crippen LogP contribution in [0.1, 0.15) is 57.6 Å². The number of hydrogen-bond donors (Lipinski definition) is 0. The van der Waals surface area contributed by atoms with Gasteiger partial charge < -0.3 is 4.74 Å². The monoisotopic (exact) mass is 352 g/mol. The van der Waals surface area contributed by atoms with Crippen molar-refractivity contribution >= 4 is 34.5 Å². The Morgan fingerprint density at radius 3 is 2.70 bits per heavy atom. The third kappa shape index (κ3) is 3.35. The van der Waals surface area contributed by atoms with Crippen LogP contribution in [0, 0.1) is 0 Å². The van der Waals surface area contributed by atoms with E-state index >= 15 is 0 Å². The Bertz CT molecular complexity index is 680. The molecule has 5 nitrogen and oxygen atoms in total. The number of halogens is 1. The number of nitrogens with zero attached hydrogens (tertiary/aromatic N) is 4. The lowest BCUT2D eigenvalue weighted by Gasteiger charge is -2.24. The molecule has 124 valence electrons. The highest BCUT2D eigenvalue weighted by Crippen LogP contribution is 2.36. The Morgan fingerprint density at radius 2 is 1.91 bits per heavy atom. The molecule has 2 fully saturated rings. The smallest absolute Gasteiger partial charge is 0.225 e. The predicted octanol–water partition coefficient (Wildman–Crippen LogP) is 4.60. The average Bonchev–Trinajstić information content (AvgIpc) is 3.00. The number of ether oxygens (including phenoxy) is 1. The first kappa shape index (κ1) is 15.7. The summed E-state index contributed by atoms with van der Waals surface area (Å²) in [5, 5.41) is 1.84. The molecule has 0 amide bonds. The first-order chi connectivity index (χ1) is 11.3. The van der Waals surface area contributed by atoms with Crippen LogP contribution in [0.3, 0.4) is 0 Å². The summed E-state index contributed by atoms with van der Waals surface area (Å²) < 4.78 is 7.89. The van der Waals surface area contributed by atoms with E-state index in [2.05, 4.69) is 15.0 Å². The Hall–Kier alpha value is -0.850. The van der Waals surface area contributed by atoms with Crippen LogP contribution in [0.2, 0.25) is 5.28 Å². The molecule has 0 radical (unpaired) electrons. The molecule has 23 heavy (non-hydrogen) atoms. The van der Waals surface area contributed by atoms with Gasteiger partial charge >= 0.3 is 0 Å². The van der Waals surface area contributed by atoms with Crippen molar-refractivity contribution in [2.45, 2.75) is 67.9 Å². The van der Waals surface area contributed by atoms with Gasteiger partial charge in [0.1, 0.15) is 16.8 Å². The molecule has 0 spiro atoms. The predicted molar refractivity (Wildman–Crippen MR) is 91.9 cm³/mol.